The first kappa shape index (κ1) is 14.7. The molecule has 0 N–H and O–H groups in total. The lowest BCUT2D eigenvalue weighted by Crippen LogP contribution is -2.37. The van der Waals surface area contributed by atoms with Gasteiger partial charge in [0.2, 0.25) is 0 Å². The molecule has 0 aromatic heterocycles. The van der Waals surface area contributed by atoms with Crippen LogP contribution in [0.25, 0.3) is 0 Å². The lowest BCUT2D eigenvalue weighted by Gasteiger charge is -2.21. The fourth-order valence-electron chi connectivity index (χ4n) is 2.27. The van der Waals surface area contributed by atoms with Gasteiger partial charge < -0.3 is 0 Å². The van der Waals surface area contributed by atoms with Crippen molar-refractivity contribution in [2.24, 2.45) is 0 Å². The van der Waals surface area contributed by atoms with Crippen LogP contribution >= 0.6 is 0 Å². The number of anilines is 1. The Balaban J connectivity index is 2.05. The third-order valence-corrected chi connectivity index (χ3v) is 3.41. The van der Waals surface area contributed by atoms with Crippen molar-refractivity contribution < 1.29 is 9.59 Å². The second-order valence-corrected chi connectivity index (χ2v) is 4.94. The third-order valence-electron chi connectivity index (χ3n) is 3.41. The van der Waals surface area contributed by atoms with Gasteiger partial charge in [-0.05, 0) is 42.5 Å². The molecule has 1 radical (unpaired) electrons. The quantitative estimate of drug-likeness (QED) is 0.686. The van der Waals surface area contributed by atoms with E-state index in [0.717, 1.165) is 0 Å². The molecule has 0 saturated heterocycles. The Morgan fingerprint density at radius 1 is 0.652 bits per heavy atom. The van der Waals surface area contributed by atoms with Crippen molar-refractivity contribution in [2.75, 3.05) is 4.90 Å². The van der Waals surface area contributed by atoms with E-state index < -0.39 is 0 Å². The van der Waals surface area contributed by atoms with Crippen LogP contribution in [0.15, 0.2) is 84.9 Å². The van der Waals surface area contributed by atoms with Crippen LogP contribution in [-0.4, -0.2) is 11.8 Å². The van der Waals surface area contributed by atoms with E-state index in [0.29, 0.717) is 16.8 Å². The van der Waals surface area contributed by atoms with Crippen LogP contribution in [-0.2, 0) is 0 Å². The standard InChI is InChI=1S/C20H14NO2/c22-19(16-10-4-1-5-11-16)21(18-14-8-3-9-15-18)20(23)17-12-6-2-7-13-17/h1,3-15H. The first-order valence-electron chi connectivity index (χ1n) is 7.22. The summed E-state index contributed by atoms with van der Waals surface area (Å²) in [4.78, 5) is 26.9. The topological polar surface area (TPSA) is 37.4 Å². The van der Waals surface area contributed by atoms with Crippen LogP contribution in [0.2, 0.25) is 0 Å². The van der Waals surface area contributed by atoms with Crippen molar-refractivity contribution in [2.45, 2.75) is 0 Å². The molecular formula is C20H14NO2. The molecule has 3 aromatic carbocycles. The summed E-state index contributed by atoms with van der Waals surface area (Å²) in [7, 11) is 0. The average molecular weight is 300 g/mol. The zero-order valence-electron chi connectivity index (χ0n) is 12.3. The maximum atomic E-state index is 12.9. The summed E-state index contributed by atoms with van der Waals surface area (Å²) in [6.07, 6.45) is 0. The van der Waals surface area contributed by atoms with E-state index in [2.05, 4.69) is 6.07 Å². The first-order chi connectivity index (χ1) is 11.3. The summed E-state index contributed by atoms with van der Waals surface area (Å²) in [6.45, 7) is 0. The number of carbonyl (C=O) groups is 2. The van der Waals surface area contributed by atoms with E-state index in [1.165, 1.54) is 4.90 Å². The van der Waals surface area contributed by atoms with Gasteiger partial charge in [-0.3, -0.25) is 9.59 Å². The molecule has 0 atom stereocenters. The van der Waals surface area contributed by atoms with E-state index >= 15 is 0 Å². The monoisotopic (exact) mass is 300 g/mol. The van der Waals surface area contributed by atoms with Gasteiger partial charge in [0.1, 0.15) is 0 Å². The van der Waals surface area contributed by atoms with E-state index in [1.807, 2.05) is 12.1 Å². The summed E-state index contributed by atoms with van der Waals surface area (Å²) < 4.78 is 0. The maximum absolute atomic E-state index is 12.9. The number of amides is 2. The second-order valence-electron chi connectivity index (χ2n) is 4.94. The minimum atomic E-state index is -0.362. The van der Waals surface area contributed by atoms with Gasteiger partial charge in [0.25, 0.3) is 11.8 Å². The summed E-state index contributed by atoms with van der Waals surface area (Å²) >= 11 is 0. The molecule has 0 bridgehead atoms. The number of hydrogen-bond acceptors (Lipinski definition) is 2. The molecule has 0 saturated carbocycles. The molecule has 0 spiro atoms. The number of hydrogen-bond donors (Lipinski definition) is 0. The molecule has 0 unspecified atom stereocenters. The molecule has 23 heavy (non-hydrogen) atoms. The predicted molar refractivity (Wildman–Crippen MR) is 89.3 cm³/mol. The summed E-state index contributed by atoms with van der Waals surface area (Å²) in [6, 6.07) is 27.2. The van der Waals surface area contributed by atoms with Crippen molar-refractivity contribution in [1.82, 2.24) is 0 Å². The summed E-state index contributed by atoms with van der Waals surface area (Å²) in [5.41, 5.74) is 1.45. The van der Waals surface area contributed by atoms with Gasteiger partial charge in [-0.2, -0.15) is 0 Å². The van der Waals surface area contributed by atoms with Gasteiger partial charge in [-0.25, -0.2) is 4.90 Å². The fourth-order valence-corrected chi connectivity index (χ4v) is 2.27. The predicted octanol–water partition coefficient (Wildman–Crippen LogP) is 3.97. The van der Waals surface area contributed by atoms with E-state index in [4.69, 9.17) is 0 Å². The first-order valence-corrected chi connectivity index (χ1v) is 7.22. The van der Waals surface area contributed by atoms with Gasteiger partial charge in [0.05, 0.1) is 5.69 Å². The molecule has 3 heteroatoms. The Labute approximate surface area is 134 Å². The smallest absolute Gasteiger partial charge is 0.265 e. The van der Waals surface area contributed by atoms with Crippen molar-refractivity contribution in [3.8, 4) is 0 Å². The normalized spacial score (nSPS) is 10.1. The van der Waals surface area contributed by atoms with Crippen LogP contribution in [0.3, 0.4) is 0 Å². The minimum absolute atomic E-state index is 0.352. The van der Waals surface area contributed by atoms with Crippen molar-refractivity contribution in [1.29, 1.82) is 0 Å². The molecule has 2 amide bonds. The second kappa shape index (κ2) is 6.71. The van der Waals surface area contributed by atoms with Gasteiger partial charge in [-0.15, -0.1) is 0 Å². The molecular weight excluding hydrogens is 286 g/mol. The van der Waals surface area contributed by atoms with Crippen LogP contribution in [0.5, 0.6) is 0 Å². The van der Waals surface area contributed by atoms with Crippen LogP contribution in [0, 0.1) is 6.07 Å². The van der Waals surface area contributed by atoms with Crippen molar-refractivity contribution in [3.63, 3.8) is 0 Å². The number of nitrogens with zero attached hydrogens (tertiary/aromatic N) is 1. The zero-order chi connectivity index (χ0) is 16.1. The highest BCUT2D eigenvalue weighted by Gasteiger charge is 2.25. The van der Waals surface area contributed by atoms with Crippen LogP contribution in [0.1, 0.15) is 20.7 Å². The summed E-state index contributed by atoms with van der Waals surface area (Å²) in [5.74, 6) is -0.714. The van der Waals surface area contributed by atoms with Crippen LogP contribution < -0.4 is 4.90 Å². The number of rotatable bonds is 3. The zero-order valence-corrected chi connectivity index (χ0v) is 12.3. The average Bonchev–Trinajstić information content (AvgIpc) is 2.64. The molecule has 0 aliphatic rings. The van der Waals surface area contributed by atoms with E-state index in [-0.39, 0.29) is 11.8 Å². The van der Waals surface area contributed by atoms with Gasteiger partial charge in [-0.1, -0.05) is 48.5 Å². The minimum Gasteiger partial charge on any atom is -0.268 e. The highest BCUT2D eigenvalue weighted by molar-refractivity contribution is 6.25. The number of benzene rings is 3. The van der Waals surface area contributed by atoms with Crippen molar-refractivity contribution >= 4 is 17.5 Å². The third kappa shape index (κ3) is 3.19. The highest BCUT2D eigenvalue weighted by atomic mass is 16.2. The van der Waals surface area contributed by atoms with Crippen LogP contribution in [0.4, 0.5) is 5.69 Å². The molecule has 3 aromatic rings. The number of imide groups is 1. The van der Waals surface area contributed by atoms with E-state index in [1.54, 1.807) is 72.8 Å². The molecule has 0 aliphatic heterocycles. The Morgan fingerprint density at radius 2 is 1.13 bits per heavy atom. The molecule has 0 heterocycles. The number of para-hydroxylation sites is 1. The molecule has 111 valence electrons. The molecule has 3 rings (SSSR count). The highest BCUT2D eigenvalue weighted by Crippen LogP contribution is 2.20. The lowest BCUT2D eigenvalue weighted by molar-refractivity contribution is 0.0897. The van der Waals surface area contributed by atoms with Crippen molar-refractivity contribution in [3.05, 3.63) is 102 Å². The van der Waals surface area contributed by atoms with Gasteiger partial charge >= 0.3 is 0 Å². The maximum Gasteiger partial charge on any atom is 0.265 e. The van der Waals surface area contributed by atoms with Gasteiger partial charge in [0.15, 0.2) is 0 Å². The number of carbonyl (C=O) groups excluding carboxylic acids is 2. The van der Waals surface area contributed by atoms with E-state index in [9.17, 15) is 9.59 Å². The fraction of sp³-hybridized carbons (Fsp3) is 0. The lowest BCUT2D eigenvalue weighted by atomic mass is 10.1. The SMILES string of the molecule is O=C(c1cc[c]cc1)N(C(=O)c1ccccc1)c1ccccc1. The largest absolute Gasteiger partial charge is 0.268 e. The summed E-state index contributed by atoms with van der Waals surface area (Å²) in [5, 5.41) is 0. The molecule has 3 nitrogen and oxygen atoms in total. The Bertz CT molecular complexity index is 747. The van der Waals surface area contributed by atoms with Gasteiger partial charge in [0, 0.05) is 11.1 Å². The Hall–Kier alpha value is -3.20. The molecule has 0 fully saturated rings. The molecule has 0 aliphatic carbocycles. The Morgan fingerprint density at radius 3 is 1.70 bits per heavy atom. The Kier molecular flexibility index (Phi) is 4.29.